The molecule has 33 heavy (non-hydrogen) atoms. The number of rotatable bonds is 3. The average molecular weight is 447 g/mol. The summed E-state index contributed by atoms with van der Waals surface area (Å²) in [5.41, 5.74) is 5.02. The molecule has 0 unspecified atom stereocenters. The number of benzene rings is 1. The molecule has 1 aromatic carbocycles. The van der Waals surface area contributed by atoms with Crippen molar-refractivity contribution in [3.8, 4) is 11.3 Å². The zero-order valence-corrected chi connectivity index (χ0v) is 18.8. The van der Waals surface area contributed by atoms with Gasteiger partial charge in [-0.15, -0.1) is 0 Å². The molecule has 4 heterocycles. The Bertz CT molecular complexity index is 1360. The quantitative estimate of drug-likeness (QED) is 0.391. The number of ether oxygens (including phenoxy) is 1. The van der Waals surface area contributed by atoms with Crippen LogP contribution in [0.1, 0.15) is 53.2 Å². The van der Waals surface area contributed by atoms with E-state index < -0.39 is 11.6 Å². The second-order valence-electron chi connectivity index (χ2n) is 8.63. The second kappa shape index (κ2) is 8.56. The van der Waals surface area contributed by atoms with Gasteiger partial charge in [-0.3, -0.25) is 4.98 Å². The number of fused-ring (bicyclic) bond motifs is 1. The Morgan fingerprint density at radius 1 is 0.970 bits per heavy atom. The second-order valence-corrected chi connectivity index (χ2v) is 8.63. The van der Waals surface area contributed by atoms with Gasteiger partial charge in [-0.1, -0.05) is 0 Å². The first-order valence-electron chi connectivity index (χ1n) is 11.0. The van der Waals surface area contributed by atoms with Gasteiger partial charge in [0.05, 0.1) is 11.8 Å². The largest absolute Gasteiger partial charge is 0.373 e. The molecule has 0 N–H and O–H groups in total. The van der Waals surface area contributed by atoms with Gasteiger partial charge in [0, 0.05) is 47.1 Å². The summed E-state index contributed by atoms with van der Waals surface area (Å²) in [5, 5.41) is 0.653. The molecular formula is C26H24F2N4O. The minimum absolute atomic E-state index is 0.0206. The number of aryl methyl sites for hydroxylation is 3. The predicted molar refractivity (Wildman–Crippen MR) is 122 cm³/mol. The molecular weight excluding hydrogens is 422 g/mol. The normalized spacial score (nSPS) is 18.6. The van der Waals surface area contributed by atoms with Crippen LogP contribution in [0.5, 0.6) is 0 Å². The zero-order valence-electron chi connectivity index (χ0n) is 18.8. The van der Waals surface area contributed by atoms with Gasteiger partial charge in [0.2, 0.25) is 0 Å². The lowest BCUT2D eigenvalue weighted by Crippen LogP contribution is -2.21. The standard InChI is InChI=1S/C26H24F2N4O/c1-14-10-21-24(20-5-4-19(27)13-22(20)28)31-25(32-26(21)30-16(14)3)18-7-9-33-23(12-18)17-6-8-29-15(2)11-17/h4-6,8,10-11,13,18,23H,7,9,12H2,1-3H3/t18-,23+/m1/s1. The van der Waals surface area contributed by atoms with Crippen LogP contribution < -0.4 is 0 Å². The molecule has 1 aliphatic heterocycles. The third kappa shape index (κ3) is 4.20. The first-order chi connectivity index (χ1) is 15.9. The first kappa shape index (κ1) is 21.5. The van der Waals surface area contributed by atoms with Crippen LogP contribution in [-0.2, 0) is 4.74 Å². The Labute approximate surface area is 190 Å². The summed E-state index contributed by atoms with van der Waals surface area (Å²) in [5.74, 6) is -0.653. The molecule has 168 valence electrons. The summed E-state index contributed by atoms with van der Waals surface area (Å²) in [7, 11) is 0. The molecule has 0 radical (unpaired) electrons. The van der Waals surface area contributed by atoms with E-state index in [0.29, 0.717) is 35.6 Å². The lowest BCUT2D eigenvalue weighted by Gasteiger charge is -2.29. The van der Waals surface area contributed by atoms with Crippen molar-refractivity contribution in [3.05, 3.63) is 82.6 Å². The van der Waals surface area contributed by atoms with Crippen molar-refractivity contribution in [1.29, 1.82) is 0 Å². The smallest absolute Gasteiger partial charge is 0.163 e. The van der Waals surface area contributed by atoms with Crippen LogP contribution >= 0.6 is 0 Å². The van der Waals surface area contributed by atoms with E-state index in [0.717, 1.165) is 35.0 Å². The van der Waals surface area contributed by atoms with E-state index in [-0.39, 0.29) is 17.6 Å². The Hall–Kier alpha value is -3.32. The Kier molecular flexibility index (Phi) is 5.58. The minimum Gasteiger partial charge on any atom is -0.373 e. The van der Waals surface area contributed by atoms with Gasteiger partial charge in [-0.2, -0.15) is 0 Å². The number of pyridine rings is 2. The lowest BCUT2D eigenvalue weighted by molar-refractivity contribution is 0.00393. The Morgan fingerprint density at radius 2 is 1.82 bits per heavy atom. The van der Waals surface area contributed by atoms with Crippen LogP contribution in [0.25, 0.3) is 22.3 Å². The van der Waals surface area contributed by atoms with E-state index >= 15 is 0 Å². The molecule has 2 atom stereocenters. The van der Waals surface area contributed by atoms with Gasteiger partial charge < -0.3 is 4.74 Å². The number of aromatic nitrogens is 4. The minimum atomic E-state index is -0.656. The number of halogens is 2. The molecule has 0 bridgehead atoms. The van der Waals surface area contributed by atoms with Crippen LogP contribution in [0.2, 0.25) is 0 Å². The number of hydrogen-bond acceptors (Lipinski definition) is 5. The fourth-order valence-corrected chi connectivity index (χ4v) is 4.36. The van der Waals surface area contributed by atoms with E-state index in [9.17, 15) is 8.78 Å². The predicted octanol–water partition coefficient (Wildman–Crippen LogP) is 5.93. The van der Waals surface area contributed by atoms with Crippen molar-refractivity contribution in [2.45, 2.75) is 45.6 Å². The van der Waals surface area contributed by atoms with E-state index in [4.69, 9.17) is 14.7 Å². The van der Waals surface area contributed by atoms with Crippen molar-refractivity contribution >= 4 is 11.0 Å². The summed E-state index contributed by atoms with van der Waals surface area (Å²) < 4.78 is 34.4. The fourth-order valence-electron chi connectivity index (χ4n) is 4.36. The third-order valence-electron chi connectivity index (χ3n) is 6.28. The van der Waals surface area contributed by atoms with Crippen LogP contribution in [0.3, 0.4) is 0 Å². The number of nitrogens with zero attached hydrogens (tertiary/aromatic N) is 4. The molecule has 0 spiro atoms. The average Bonchev–Trinajstić information content (AvgIpc) is 2.80. The van der Waals surface area contributed by atoms with Gasteiger partial charge in [-0.05, 0) is 75.1 Å². The van der Waals surface area contributed by atoms with Gasteiger partial charge in [-0.25, -0.2) is 23.7 Å². The lowest BCUT2D eigenvalue weighted by atomic mass is 9.91. The van der Waals surface area contributed by atoms with Crippen LogP contribution in [0.4, 0.5) is 8.78 Å². The maximum absolute atomic E-state index is 14.8. The molecule has 5 nitrogen and oxygen atoms in total. The number of hydrogen-bond donors (Lipinski definition) is 0. The molecule has 5 rings (SSSR count). The monoisotopic (exact) mass is 446 g/mol. The molecule has 7 heteroatoms. The fraction of sp³-hybridized carbons (Fsp3) is 0.308. The highest BCUT2D eigenvalue weighted by Gasteiger charge is 2.28. The van der Waals surface area contributed by atoms with Crippen molar-refractivity contribution in [2.24, 2.45) is 0 Å². The molecule has 1 aliphatic rings. The van der Waals surface area contributed by atoms with Crippen molar-refractivity contribution < 1.29 is 13.5 Å². The van der Waals surface area contributed by atoms with Crippen molar-refractivity contribution in [2.75, 3.05) is 6.61 Å². The van der Waals surface area contributed by atoms with E-state index in [1.165, 1.54) is 12.1 Å². The summed E-state index contributed by atoms with van der Waals surface area (Å²) in [4.78, 5) is 18.5. The van der Waals surface area contributed by atoms with Crippen LogP contribution in [0, 0.1) is 32.4 Å². The van der Waals surface area contributed by atoms with Crippen LogP contribution in [0.15, 0.2) is 42.6 Å². The molecule has 0 aliphatic carbocycles. The maximum Gasteiger partial charge on any atom is 0.163 e. The van der Waals surface area contributed by atoms with E-state index in [1.807, 2.05) is 39.0 Å². The first-order valence-corrected chi connectivity index (χ1v) is 11.0. The summed E-state index contributed by atoms with van der Waals surface area (Å²) >= 11 is 0. The molecule has 0 amide bonds. The van der Waals surface area contributed by atoms with Gasteiger partial charge in [0.15, 0.2) is 5.65 Å². The van der Waals surface area contributed by atoms with Gasteiger partial charge in [0.25, 0.3) is 0 Å². The van der Waals surface area contributed by atoms with Crippen molar-refractivity contribution in [3.63, 3.8) is 0 Å². The van der Waals surface area contributed by atoms with Crippen molar-refractivity contribution in [1.82, 2.24) is 19.9 Å². The Balaban J connectivity index is 1.62. The third-order valence-corrected chi connectivity index (χ3v) is 6.28. The van der Waals surface area contributed by atoms with Gasteiger partial charge >= 0.3 is 0 Å². The van der Waals surface area contributed by atoms with E-state index in [1.54, 1.807) is 6.20 Å². The van der Waals surface area contributed by atoms with Gasteiger partial charge in [0.1, 0.15) is 17.5 Å². The highest BCUT2D eigenvalue weighted by atomic mass is 19.1. The van der Waals surface area contributed by atoms with Crippen LogP contribution in [-0.4, -0.2) is 26.5 Å². The topological polar surface area (TPSA) is 60.8 Å². The molecule has 3 aromatic heterocycles. The highest BCUT2D eigenvalue weighted by Crippen LogP contribution is 2.38. The van der Waals surface area contributed by atoms with E-state index in [2.05, 4.69) is 9.97 Å². The summed E-state index contributed by atoms with van der Waals surface area (Å²) in [6.07, 6.45) is 3.14. The summed E-state index contributed by atoms with van der Waals surface area (Å²) in [6, 6.07) is 9.48. The molecule has 0 saturated carbocycles. The SMILES string of the molecule is Cc1cc([C@@H]2C[C@H](c3nc(-c4ccc(F)cc4F)c4cc(C)c(C)nc4n3)CCO2)ccn1. The zero-order chi connectivity index (χ0) is 23.1. The Morgan fingerprint density at radius 3 is 2.61 bits per heavy atom. The molecule has 1 fully saturated rings. The highest BCUT2D eigenvalue weighted by molar-refractivity contribution is 5.91. The maximum atomic E-state index is 14.8. The molecule has 1 saturated heterocycles. The summed E-state index contributed by atoms with van der Waals surface area (Å²) in [6.45, 7) is 6.39. The molecule has 4 aromatic rings.